The Kier molecular flexibility index (Phi) is 7.16. The molecule has 0 saturated carbocycles. The number of hydrogen-bond acceptors (Lipinski definition) is 6. The Morgan fingerprint density at radius 2 is 1.12 bits per heavy atom. The van der Waals surface area contributed by atoms with Crippen LogP contribution in [0.5, 0.6) is 0 Å². The zero-order valence-electron chi connectivity index (χ0n) is 14.3. The molecule has 0 atom stereocenters. The number of hydrogen-bond donors (Lipinski definition) is 2. The molecule has 0 aromatic heterocycles. The minimum absolute atomic E-state index is 0.0265. The van der Waals surface area contributed by atoms with Crippen LogP contribution >= 0.6 is 0 Å². The summed E-state index contributed by atoms with van der Waals surface area (Å²) in [5, 5.41) is 4.85. The smallest absolute Gasteiger partial charge is 0.407 e. The molecule has 1 aliphatic rings. The molecule has 2 amide bonds. The van der Waals surface area contributed by atoms with Crippen molar-refractivity contribution in [2.45, 2.75) is 27.7 Å². The van der Waals surface area contributed by atoms with E-state index < -0.39 is 23.8 Å². The number of ether oxygens (including phenoxy) is 2. The van der Waals surface area contributed by atoms with Crippen LogP contribution in [0, 0.1) is 0 Å². The lowest BCUT2D eigenvalue weighted by atomic mass is 9.86. The quantitative estimate of drug-likeness (QED) is 0.706. The van der Waals surface area contributed by atoms with Crippen LogP contribution in [-0.4, -0.2) is 50.1 Å². The highest BCUT2D eigenvalue weighted by atomic mass is 16.6. The summed E-state index contributed by atoms with van der Waals surface area (Å²) >= 11 is 0. The van der Waals surface area contributed by atoms with Crippen molar-refractivity contribution in [3.8, 4) is 0 Å². The van der Waals surface area contributed by atoms with Gasteiger partial charge in [0.2, 0.25) is 0 Å². The van der Waals surface area contributed by atoms with E-state index in [-0.39, 0.29) is 35.5 Å². The SMILES string of the molecule is CCNC(=O)OCC1=C(COC(=O)NCC)C(=O)C(C)=C(C)C1=O. The minimum Gasteiger partial charge on any atom is -0.445 e. The molecule has 0 aromatic rings. The molecule has 0 aromatic carbocycles. The molecular weight excluding hydrogens is 316 g/mol. The van der Waals surface area contributed by atoms with Gasteiger partial charge in [-0.1, -0.05) is 0 Å². The van der Waals surface area contributed by atoms with Gasteiger partial charge in [0.15, 0.2) is 11.6 Å². The van der Waals surface area contributed by atoms with E-state index in [1.165, 1.54) is 13.8 Å². The molecule has 1 rings (SSSR count). The summed E-state index contributed by atoms with van der Waals surface area (Å²) in [5.41, 5.74) is 0.629. The van der Waals surface area contributed by atoms with E-state index in [2.05, 4.69) is 10.6 Å². The first-order valence-corrected chi connectivity index (χ1v) is 7.63. The van der Waals surface area contributed by atoms with E-state index >= 15 is 0 Å². The van der Waals surface area contributed by atoms with Crippen molar-refractivity contribution in [2.24, 2.45) is 0 Å². The molecule has 1 aliphatic carbocycles. The van der Waals surface area contributed by atoms with Gasteiger partial charge in [0.25, 0.3) is 0 Å². The Morgan fingerprint density at radius 1 is 0.792 bits per heavy atom. The van der Waals surface area contributed by atoms with Gasteiger partial charge in [-0.15, -0.1) is 0 Å². The lowest BCUT2D eigenvalue weighted by Gasteiger charge is -2.20. The number of carbonyl (C=O) groups is 4. The molecule has 0 aliphatic heterocycles. The van der Waals surface area contributed by atoms with Gasteiger partial charge in [0.1, 0.15) is 13.2 Å². The molecule has 0 saturated heterocycles. The molecule has 24 heavy (non-hydrogen) atoms. The van der Waals surface area contributed by atoms with E-state index in [9.17, 15) is 19.2 Å². The number of amides is 2. The van der Waals surface area contributed by atoms with Crippen molar-refractivity contribution in [3.63, 3.8) is 0 Å². The largest absolute Gasteiger partial charge is 0.445 e. The molecular formula is C16H22N2O6. The van der Waals surface area contributed by atoms with Crippen LogP contribution in [0.25, 0.3) is 0 Å². The number of Topliss-reactive ketones (excluding diaryl/α,β-unsaturated/α-hetero) is 2. The van der Waals surface area contributed by atoms with Gasteiger partial charge in [0.05, 0.1) is 0 Å². The lowest BCUT2D eigenvalue weighted by Crippen LogP contribution is -2.31. The van der Waals surface area contributed by atoms with E-state index in [0.29, 0.717) is 13.1 Å². The first kappa shape index (κ1) is 19.4. The first-order valence-electron chi connectivity index (χ1n) is 7.63. The van der Waals surface area contributed by atoms with Gasteiger partial charge in [0, 0.05) is 35.4 Å². The van der Waals surface area contributed by atoms with Crippen LogP contribution in [-0.2, 0) is 19.1 Å². The van der Waals surface area contributed by atoms with Gasteiger partial charge in [-0.2, -0.15) is 0 Å². The molecule has 0 fully saturated rings. The van der Waals surface area contributed by atoms with Crippen molar-refractivity contribution in [1.82, 2.24) is 10.6 Å². The van der Waals surface area contributed by atoms with Crippen molar-refractivity contribution < 1.29 is 28.7 Å². The zero-order valence-corrected chi connectivity index (χ0v) is 14.3. The molecule has 0 heterocycles. The van der Waals surface area contributed by atoms with Crippen LogP contribution in [0.15, 0.2) is 22.3 Å². The normalized spacial score (nSPS) is 14.7. The average molecular weight is 338 g/mol. The summed E-state index contributed by atoms with van der Waals surface area (Å²) in [7, 11) is 0. The maximum Gasteiger partial charge on any atom is 0.407 e. The second-order valence-corrected chi connectivity index (χ2v) is 5.08. The van der Waals surface area contributed by atoms with Crippen LogP contribution in [0.1, 0.15) is 27.7 Å². The standard InChI is InChI=1S/C16H22N2O6/c1-5-17-15(21)23-7-11-12(8-24-16(22)18-6-2)14(20)10(4)9(3)13(11)19/h5-8H2,1-4H3,(H,17,21)(H,18,22). The molecule has 8 nitrogen and oxygen atoms in total. The average Bonchev–Trinajstić information content (AvgIpc) is 2.54. The molecule has 8 heteroatoms. The summed E-state index contributed by atoms with van der Waals surface area (Å²) in [6, 6.07) is 0. The Hall–Kier alpha value is -2.64. The van der Waals surface area contributed by atoms with Crippen molar-refractivity contribution in [3.05, 3.63) is 22.3 Å². The van der Waals surface area contributed by atoms with E-state index in [1.807, 2.05) is 0 Å². The van der Waals surface area contributed by atoms with Crippen LogP contribution in [0.3, 0.4) is 0 Å². The van der Waals surface area contributed by atoms with E-state index in [4.69, 9.17) is 9.47 Å². The maximum absolute atomic E-state index is 12.4. The van der Waals surface area contributed by atoms with Crippen molar-refractivity contribution in [1.29, 1.82) is 0 Å². The number of alkyl carbamates (subject to hydrolysis) is 2. The van der Waals surface area contributed by atoms with Crippen molar-refractivity contribution in [2.75, 3.05) is 26.3 Å². The van der Waals surface area contributed by atoms with Gasteiger partial charge >= 0.3 is 12.2 Å². The third-order valence-corrected chi connectivity index (χ3v) is 3.49. The molecule has 0 unspecified atom stereocenters. The summed E-state index contributed by atoms with van der Waals surface area (Å²) in [6.45, 7) is 6.51. The second kappa shape index (κ2) is 8.85. The molecule has 0 radical (unpaired) electrons. The summed E-state index contributed by atoms with van der Waals surface area (Å²) < 4.78 is 9.90. The number of nitrogens with one attached hydrogen (secondary N) is 2. The lowest BCUT2D eigenvalue weighted by molar-refractivity contribution is -0.117. The molecule has 2 N–H and O–H groups in total. The number of ketones is 2. The summed E-state index contributed by atoms with van der Waals surface area (Å²) in [6.07, 6.45) is -1.39. The monoisotopic (exact) mass is 338 g/mol. The summed E-state index contributed by atoms with van der Waals surface area (Å²) in [5.74, 6) is -0.795. The van der Waals surface area contributed by atoms with E-state index in [1.54, 1.807) is 13.8 Å². The number of rotatable bonds is 6. The second-order valence-electron chi connectivity index (χ2n) is 5.08. The highest BCUT2D eigenvalue weighted by Gasteiger charge is 2.31. The molecule has 0 spiro atoms. The topological polar surface area (TPSA) is 111 Å². The highest BCUT2D eigenvalue weighted by Crippen LogP contribution is 2.25. The Balaban J connectivity index is 3.00. The van der Waals surface area contributed by atoms with Gasteiger partial charge < -0.3 is 20.1 Å². The Labute approximate surface area is 140 Å². The number of allylic oxidation sites excluding steroid dienone is 2. The Bertz CT molecular complexity index is 566. The van der Waals surface area contributed by atoms with Crippen LogP contribution in [0.2, 0.25) is 0 Å². The molecule has 0 bridgehead atoms. The minimum atomic E-state index is -0.696. The summed E-state index contributed by atoms with van der Waals surface area (Å²) in [4.78, 5) is 47.6. The van der Waals surface area contributed by atoms with Crippen LogP contribution < -0.4 is 10.6 Å². The fraction of sp³-hybridized carbons (Fsp3) is 0.500. The predicted molar refractivity (Wildman–Crippen MR) is 85.5 cm³/mol. The van der Waals surface area contributed by atoms with Gasteiger partial charge in [-0.3, -0.25) is 9.59 Å². The highest BCUT2D eigenvalue weighted by molar-refractivity contribution is 6.25. The third-order valence-electron chi connectivity index (χ3n) is 3.49. The third kappa shape index (κ3) is 4.68. The number of carbonyl (C=O) groups excluding carboxylic acids is 4. The fourth-order valence-corrected chi connectivity index (χ4v) is 2.04. The molecule has 132 valence electrons. The van der Waals surface area contributed by atoms with E-state index in [0.717, 1.165) is 0 Å². The van der Waals surface area contributed by atoms with Crippen molar-refractivity contribution >= 4 is 23.8 Å². The first-order chi connectivity index (χ1) is 11.3. The van der Waals surface area contributed by atoms with Gasteiger partial charge in [-0.25, -0.2) is 9.59 Å². The Morgan fingerprint density at radius 3 is 1.42 bits per heavy atom. The fourth-order valence-electron chi connectivity index (χ4n) is 2.04. The zero-order chi connectivity index (χ0) is 18.3. The van der Waals surface area contributed by atoms with Crippen LogP contribution in [0.4, 0.5) is 9.59 Å². The predicted octanol–water partition coefficient (Wildman–Crippen LogP) is 1.26. The maximum atomic E-state index is 12.4. The van der Waals surface area contributed by atoms with Gasteiger partial charge in [-0.05, 0) is 27.7 Å².